The summed E-state index contributed by atoms with van der Waals surface area (Å²) >= 11 is 0. The lowest BCUT2D eigenvalue weighted by Crippen LogP contribution is -2.37. The van der Waals surface area contributed by atoms with Crippen LogP contribution in [0.3, 0.4) is 0 Å². The fourth-order valence-corrected chi connectivity index (χ4v) is 5.77. The van der Waals surface area contributed by atoms with Crippen LogP contribution in [-0.4, -0.2) is 48.9 Å². The zero-order chi connectivity index (χ0) is 26.6. The number of aromatic nitrogens is 6. The van der Waals surface area contributed by atoms with Gasteiger partial charge in [-0.25, -0.2) is 18.7 Å². The average Bonchev–Trinajstić information content (AvgIpc) is 3.53. The molecular weight excluding hydrogens is 502 g/mol. The highest BCUT2D eigenvalue weighted by Gasteiger charge is 2.45. The predicted octanol–water partition coefficient (Wildman–Crippen LogP) is 6.41. The minimum atomic E-state index is -2.53. The van der Waals surface area contributed by atoms with Crippen LogP contribution < -0.4 is 4.74 Å². The number of rotatable bonds is 6. The van der Waals surface area contributed by atoms with E-state index >= 15 is 0 Å². The molecule has 2 fully saturated rings. The van der Waals surface area contributed by atoms with Crippen molar-refractivity contribution in [3.8, 4) is 22.8 Å². The van der Waals surface area contributed by atoms with Crippen LogP contribution in [0, 0.1) is 12.8 Å². The Kier molecular flexibility index (Phi) is 5.80. The van der Waals surface area contributed by atoms with E-state index in [2.05, 4.69) is 15.1 Å². The van der Waals surface area contributed by atoms with Crippen LogP contribution in [0.25, 0.3) is 33.3 Å². The van der Waals surface area contributed by atoms with Gasteiger partial charge in [-0.05, 0) is 55.9 Å². The number of nitrogens with zero attached hydrogens (tertiary/aromatic N) is 5. The third-order valence-corrected chi connectivity index (χ3v) is 7.69. The second-order valence-electron chi connectivity index (χ2n) is 10.7. The second-order valence-corrected chi connectivity index (χ2v) is 10.7. The number of halogens is 2. The van der Waals surface area contributed by atoms with Gasteiger partial charge in [-0.2, -0.15) is 5.10 Å². The van der Waals surface area contributed by atoms with Crippen molar-refractivity contribution in [1.82, 2.24) is 29.7 Å². The van der Waals surface area contributed by atoms with Gasteiger partial charge >= 0.3 is 0 Å². The standard InChI is InChI=1S/C29H28F2N6O2/c1-17-34-22-3-2-21(10-24(22)35-17)39-26-5-4-23-28(27(26)19-6-8-38-9-7-19)36-25(14-32-23)20-13-33-37(16-20)15-18-11-29(30,31)12-18/h2-5,10,13-14,16,18-19H,6-9,11-12,15H2,1H3,(H,34,35). The number of hydrogen-bond acceptors (Lipinski definition) is 6. The van der Waals surface area contributed by atoms with Crippen molar-refractivity contribution in [1.29, 1.82) is 0 Å². The van der Waals surface area contributed by atoms with Crippen molar-refractivity contribution in [3.63, 3.8) is 0 Å². The molecular formula is C29H28F2N6O2. The van der Waals surface area contributed by atoms with Crippen LogP contribution in [0.5, 0.6) is 11.5 Å². The van der Waals surface area contributed by atoms with E-state index in [9.17, 15) is 8.78 Å². The number of H-pyrrole nitrogens is 1. The maximum atomic E-state index is 13.3. The number of imidazole rings is 1. The number of aromatic amines is 1. The quantitative estimate of drug-likeness (QED) is 0.273. The molecule has 39 heavy (non-hydrogen) atoms. The van der Waals surface area contributed by atoms with Gasteiger partial charge in [0, 0.05) is 56.0 Å². The highest BCUT2D eigenvalue weighted by Crippen LogP contribution is 2.43. The van der Waals surface area contributed by atoms with Gasteiger partial charge in [0.25, 0.3) is 0 Å². The maximum absolute atomic E-state index is 13.3. The first-order chi connectivity index (χ1) is 18.9. The van der Waals surface area contributed by atoms with Gasteiger partial charge in [0.1, 0.15) is 17.3 Å². The predicted molar refractivity (Wildman–Crippen MR) is 142 cm³/mol. The van der Waals surface area contributed by atoms with Crippen molar-refractivity contribution < 1.29 is 18.3 Å². The summed E-state index contributed by atoms with van der Waals surface area (Å²) in [5.41, 5.74) is 5.91. The summed E-state index contributed by atoms with van der Waals surface area (Å²) in [5.74, 6) is -0.0620. The third kappa shape index (κ3) is 4.73. The molecule has 1 N–H and O–H groups in total. The van der Waals surface area contributed by atoms with E-state index in [4.69, 9.17) is 19.4 Å². The number of ether oxygens (including phenoxy) is 2. The van der Waals surface area contributed by atoms with Crippen LogP contribution in [0.15, 0.2) is 48.9 Å². The van der Waals surface area contributed by atoms with E-state index in [0.29, 0.717) is 31.2 Å². The summed E-state index contributed by atoms with van der Waals surface area (Å²) < 4.78 is 40.4. The topological polar surface area (TPSA) is 90.7 Å². The van der Waals surface area contributed by atoms with Crippen molar-refractivity contribution >= 4 is 22.1 Å². The Bertz CT molecular complexity index is 1670. The molecule has 2 aromatic carbocycles. The zero-order valence-corrected chi connectivity index (χ0v) is 21.5. The number of aryl methyl sites for hydroxylation is 1. The Balaban J connectivity index is 1.25. The number of alkyl halides is 2. The molecule has 7 rings (SSSR count). The smallest absolute Gasteiger partial charge is 0.248 e. The highest BCUT2D eigenvalue weighted by atomic mass is 19.3. The molecule has 1 aliphatic carbocycles. The van der Waals surface area contributed by atoms with Gasteiger partial charge in [-0.1, -0.05) is 0 Å². The zero-order valence-electron chi connectivity index (χ0n) is 21.5. The molecule has 0 radical (unpaired) electrons. The van der Waals surface area contributed by atoms with Gasteiger partial charge in [0.05, 0.1) is 40.2 Å². The van der Waals surface area contributed by atoms with E-state index in [1.54, 1.807) is 17.1 Å². The lowest BCUT2D eigenvalue weighted by Gasteiger charge is -2.34. The Morgan fingerprint density at radius 3 is 2.72 bits per heavy atom. The fourth-order valence-electron chi connectivity index (χ4n) is 5.77. The van der Waals surface area contributed by atoms with Crippen molar-refractivity contribution in [2.75, 3.05) is 13.2 Å². The van der Waals surface area contributed by atoms with Gasteiger partial charge in [0.2, 0.25) is 5.92 Å². The van der Waals surface area contributed by atoms with E-state index < -0.39 is 5.92 Å². The first-order valence-corrected chi connectivity index (χ1v) is 13.3. The Hall–Kier alpha value is -3.92. The Morgan fingerprint density at radius 2 is 1.90 bits per heavy atom. The molecule has 0 atom stereocenters. The van der Waals surface area contributed by atoms with Gasteiger partial charge in [-0.15, -0.1) is 0 Å². The number of nitrogens with one attached hydrogen (secondary N) is 1. The Morgan fingerprint density at radius 1 is 1.08 bits per heavy atom. The summed E-state index contributed by atoms with van der Waals surface area (Å²) in [7, 11) is 0. The largest absolute Gasteiger partial charge is 0.457 e. The van der Waals surface area contributed by atoms with Crippen LogP contribution in [0.4, 0.5) is 8.78 Å². The van der Waals surface area contributed by atoms with Crippen molar-refractivity contribution in [2.45, 2.75) is 51.0 Å². The minimum absolute atomic E-state index is 0.0554. The molecule has 1 saturated carbocycles. The van der Waals surface area contributed by atoms with Gasteiger partial charge in [-0.3, -0.25) is 9.67 Å². The molecule has 200 valence electrons. The molecule has 1 aliphatic heterocycles. The molecule has 0 spiro atoms. The summed E-state index contributed by atoms with van der Waals surface area (Å²) in [4.78, 5) is 17.5. The summed E-state index contributed by atoms with van der Waals surface area (Å²) in [6.07, 6.45) is 6.90. The van der Waals surface area contributed by atoms with E-state index in [-0.39, 0.29) is 24.7 Å². The van der Waals surface area contributed by atoms with Gasteiger partial charge in [0.15, 0.2) is 0 Å². The molecule has 0 unspecified atom stereocenters. The normalized spacial score (nSPS) is 18.0. The monoisotopic (exact) mass is 530 g/mol. The van der Waals surface area contributed by atoms with E-state index in [1.807, 2.05) is 43.5 Å². The van der Waals surface area contributed by atoms with Crippen LogP contribution >= 0.6 is 0 Å². The molecule has 2 aliphatic rings. The molecule has 4 heterocycles. The SMILES string of the molecule is Cc1nc2ccc(Oc3ccc4ncc(-c5cnn(CC6CC(F)(F)C6)c5)nc4c3C3CCOCC3)cc2[nH]1. The van der Waals surface area contributed by atoms with Crippen molar-refractivity contribution in [2.24, 2.45) is 5.92 Å². The summed E-state index contributed by atoms with van der Waals surface area (Å²) in [5, 5.41) is 4.41. The highest BCUT2D eigenvalue weighted by molar-refractivity contribution is 5.84. The third-order valence-electron chi connectivity index (χ3n) is 7.69. The van der Waals surface area contributed by atoms with Crippen LogP contribution in [-0.2, 0) is 11.3 Å². The molecule has 0 amide bonds. The van der Waals surface area contributed by atoms with Crippen LogP contribution in [0.1, 0.15) is 43.0 Å². The van der Waals surface area contributed by atoms with Crippen LogP contribution in [0.2, 0.25) is 0 Å². The molecule has 0 bridgehead atoms. The second kappa shape index (κ2) is 9.37. The first kappa shape index (κ1) is 24.1. The first-order valence-electron chi connectivity index (χ1n) is 13.3. The number of benzene rings is 2. The van der Waals surface area contributed by atoms with Crippen molar-refractivity contribution in [3.05, 3.63) is 60.3 Å². The average molecular weight is 531 g/mol. The lowest BCUT2D eigenvalue weighted by atomic mass is 9.81. The maximum Gasteiger partial charge on any atom is 0.248 e. The number of fused-ring (bicyclic) bond motifs is 2. The van der Waals surface area contributed by atoms with Gasteiger partial charge < -0.3 is 14.5 Å². The number of hydrogen-bond donors (Lipinski definition) is 1. The molecule has 5 aromatic rings. The van der Waals surface area contributed by atoms with E-state index in [0.717, 1.165) is 57.6 Å². The Labute approximate surface area is 223 Å². The molecule has 1 saturated heterocycles. The minimum Gasteiger partial charge on any atom is -0.457 e. The fraction of sp³-hybridized carbons (Fsp3) is 0.379. The summed E-state index contributed by atoms with van der Waals surface area (Å²) in [6.45, 7) is 3.76. The molecule has 8 nitrogen and oxygen atoms in total. The summed E-state index contributed by atoms with van der Waals surface area (Å²) in [6, 6.07) is 9.74. The molecule has 3 aromatic heterocycles. The lowest BCUT2D eigenvalue weighted by molar-refractivity contribution is -0.114. The molecule has 10 heteroatoms. The van der Waals surface area contributed by atoms with E-state index in [1.165, 1.54) is 0 Å².